The molecule has 0 atom stereocenters. The monoisotopic (exact) mass is 296 g/mol. The van der Waals surface area contributed by atoms with Gasteiger partial charge in [-0.1, -0.05) is 41.4 Å². The summed E-state index contributed by atoms with van der Waals surface area (Å²) in [6.45, 7) is 0. The van der Waals surface area contributed by atoms with Crippen molar-refractivity contribution in [2.24, 2.45) is 0 Å². The van der Waals surface area contributed by atoms with E-state index in [1.165, 1.54) is 7.11 Å². The van der Waals surface area contributed by atoms with Crippen LogP contribution in [0.4, 0.5) is 0 Å². The summed E-state index contributed by atoms with van der Waals surface area (Å²) in [5.41, 5.74) is 0.173. The molecule has 0 fully saturated rings. The van der Waals surface area contributed by atoms with Gasteiger partial charge in [-0.25, -0.2) is 4.79 Å². The largest absolute Gasteiger partial charge is 0.465 e. The molecule has 0 bridgehead atoms. The fraction of sp³-hybridized carbons (Fsp3) is 0.0714. The normalized spacial score (nSPS) is 10.1. The van der Waals surface area contributed by atoms with E-state index in [2.05, 4.69) is 4.74 Å². The average molecular weight is 297 g/mol. The van der Waals surface area contributed by atoms with Crippen molar-refractivity contribution >= 4 is 29.2 Å². The third kappa shape index (κ3) is 3.00. The topological polar surface area (TPSA) is 35.5 Å². The number of hydrogen-bond donors (Lipinski definition) is 0. The van der Waals surface area contributed by atoms with Crippen molar-refractivity contribution in [1.82, 2.24) is 0 Å². The third-order valence-corrected chi connectivity index (χ3v) is 3.05. The number of rotatable bonds is 3. The van der Waals surface area contributed by atoms with E-state index in [4.69, 9.17) is 27.9 Å². The van der Waals surface area contributed by atoms with E-state index in [1.54, 1.807) is 42.5 Å². The molecular weight excluding hydrogens is 287 g/mol. The molecule has 0 spiro atoms. The van der Waals surface area contributed by atoms with Crippen LogP contribution in [0.2, 0.25) is 10.0 Å². The molecule has 0 aliphatic rings. The molecule has 2 aromatic rings. The van der Waals surface area contributed by atoms with Gasteiger partial charge >= 0.3 is 5.97 Å². The number of hydrogen-bond acceptors (Lipinski definition) is 3. The molecule has 0 aliphatic heterocycles. The van der Waals surface area contributed by atoms with Crippen molar-refractivity contribution < 1.29 is 14.3 Å². The molecule has 98 valence electrons. The van der Waals surface area contributed by atoms with Crippen molar-refractivity contribution in [2.45, 2.75) is 0 Å². The number of ether oxygens (including phenoxy) is 2. The second-order valence-electron chi connectivity index (χ2n) is 3.64. The van der Waals surface area contributed by atoms with Crippen LogP contribution in [-0.4, -0.2) is 13.1 Å². The third-order valence-electron chi connectivity index (χ3n) is 2.42. The van der Waals surface area contributed by atoms with Gasteiger partial charge in [0.1, 0.15) is 17.1 Å². The standard InChI is InChI=1S/C14H10Cl2O3/c1-18-14(17)13-10(16)6-4-8-12(13)19-11-7-3-2-5-9(11)15/h2-8H,1H3. The maximum absolute atomic E-state index is 11.7. The van der Waals surface area contributed by atoms with E-state index >= 15 is 0 Å². The van der Waals surface area contributed by atoms with Crippen LogP contribution in [-0.2, 0) is 4.74 Å². The Morgan fingerprint density at radius 1 is 0.947 bits per heavy atom. The van der Waals surface area contributed by atoms with Crippen molar-refractivity contribution in [1.29, 1.82) is 0 Å². The Morgan fingerprint density at radius 2 is 1.58 bits per heavy atom. The zero-order valence-electron chi connectivity index (χ0n) is 10.0. The van der Waals surface area contributed by atoms with E-state index in [1.807, 2.05) is 0 Å². The molecule has 0 aliphatic carbocycles. The van der Waals surface area contributed by atoms with E-state index in [-0.39, 0.29) is 10.6 Å². The number of methoxy groups -OCH3 is 1. The van der Waals surface area contributed by atoms with Gasteiger partial charge in [0.05, 0.1) is 17.2 Å². The van der Waals surface area contributed by atoms with Crippen molar-refractivity contribution in [3.8, 4) is 11.5 Å². The molecule has 0 saturated carbocycles. The van der Waals surface area contributed by atoms with Crippen LogP contribution in [0.15, 0.2) is 42.5 Å². The zero-order chi connectivity index (χ0) is 13.8. The summed E-state index contributed by atoms with van der Waals surface area (Å²) >= 11 is 12.0. The Morgan fingerprint density at radius 3 is 2.26 bits per heavy atom. The summed E-state index contributed by atoms with van der Waals surface area (Å²) < 4.78 is 10.3. The number of benzene rings is 2. The molecule has 3 nitrogen and oxygen atoms in total. The SMILES string of the molecule is COC(=O)c1c(Cl)cccc1Oc1ccccc1Cl. The lowest BCUT2D eigenvalue weighted by atomic mass is 10.2. The van der Waals surface area contributed by atoms with Gasteiger partial charge < -0.3 is 9.47 Å². The van der Waals surface area contributed by atoms with Crippen molar-refractivity contribution in [2.75, 3.05) is 7.11 Å². The summed E-state index contributed by atoms with van der Waals surface area (Å²) in [6.07, 6.45) is 0. The van der Waals surface area contributed by atoms with E-state index in [9.17, 15) is 4.79 Å². The second-order valence-corrected chi connectivity index (χ2v) is 4.45. The first-order valence-electron chi connectivity index (χ1n) is 5.42. The molecule has 0 saturated heterocycles. The fourth-order valence-electron chi connectivity index (χ4n) is 1.54. The highest BCUT2D eigenvalue weighted by atomic mass is 35.5. The highest BCUT2D eigenvalue weighted by Crippen LogP contribution is 2.34. The van der Waals surface area contributed by atoms with Crippen LogP contribution < -0.4 is 4.74 Å². The van der Waals surface area contributed by atoms with E-state index < -0.39 is 5.97 Å². The number of carbonyl (C=O) groups excluding carboxylic acids is 1. The van der Waals surface area contributed by atoms with Crippen molar-refractivity contribution in [3.05, 3.63) is 58.1 Å². The molecule has 0 heterocycles. The fourth-order valence-corrected chi connectivity index (χ4v) is 1.95. The van der Waals surface area contributed by atoms with Gasteiger partial charge in [-0.05, 0) is 24.3 Å². The molecule has 0 radical (unpaired) electrons. The minimum atomic E-state index is -0.562. The van der Waals surface area contributed by atoms with Crippen LogP contribution in [0.1, 0.15) is 10.4 Å². The molecule has 0 unspecified atom stereocenters. The lowest BCUT2D eigenvalue weighted by Gasteiger charge is -2.11. The second kappa shape index (κ2) is 5.95. The Balaban J connectivity index is 2.43. The number of para-hydroxylation sites is 1. The molecule has 2 aromatic carbocycles. The first-order chi connectivity index (χ1) is 9.13. The highest BCUT2D eigenvalue weighted by molar-refractivity contribution is 6.34. The van der Waals surface area contributed by atoms with E-state index in [0.29, 0.717) is 16.5 Å². The molecular formula is C14H10Cl2O3. The zero-order valence-corrected chi connectivity index (χ0v) is 11.5. The van der Waals surface area contributed by atoms with Gasteiger partial charge in [0.25, 0.3) is 0 Å². The maximum atomic E-state index is 11.7. The van der Waals surface area contributed by atoms with Gasteiger partial charge in [-0.15, -0.1) is 0 Å². The number of halogens is 2. The van der Waals surface area contributed by atoms with Gasteiger partial charge in [0, 0.05) is 0 Å². The highest BCUT2D eigenvalue weighted by Gasteiger charge is 2.18. The van der Waals surface area contributed by atoms with Gasteiger partial charge in [0.2, 0.25) is 0 Å². The summed E-state index contributed by atoms with van der Waals surface area (Å²) in [7, 11) is 1.28. The Labute approximate surface area is 120 Å². The Hall–Kier alpha value is -1.71. The summed E-state index contributed by atoms with van der Waals surface area (Å²) in [6, 6.07) is 11.9. The van der Waals surface area contributed by atoms with Gasteiger partial charge in [-0.3, -0.25) is 0 Å². The smallest absolute Gasteiger partial charge is 0.343 e. The van der Waals surface area contributed by atoms with Crippen LogP contribution in [0.25, 0.3) is 0 Å². The maximum Gasteiger partial charge on any atom is 0.343 e. The predicted octanol–water partition coefficient (Wildman–Crippen LogP) is 4.57. The Kier molecular flexibility index (Phi) is 4.30. The molecule has 0 N–H and O–H groups in total. The van der Waals surface area contributed by atoms with Gasteiger partial charge in [-0.2, -0.15) is 0 Å². The quantitative estimate of drug-likeness (QED) is 0.778. The average Bonchev–Trinajstić information content (AvgIpc) is 2.41. The molecule has 0 amide bonds. The molecule has 2 rings (SSSR count). The molecule has 0 aromatic heterocycles. The lowest BCUT2D eigenvalue weighted by molar-refractivity contribution is 0.0598. The summed E-state index contributed by atoms with van der Waals surface area (Å²) in [4.78, 5) is 11.7. The molecule has 19 heavy (non-hydrogen) atoms. The minimum Gasteiger partial charge on any atom is -0.465 e. The number of carbonyl (C=O) groups is 1. The minimum absolute atomic E-state index is 0.173. The lowest BCUT2D eigenvalue weighted by Crippen LogP contribution is -2.04. The first-order valence-corrected chi connectivity index (χ1v) is 6.18. The first kappa shape index (κ1) is 13.7. The number of esters is 1. The molecule has 5 heteroatoms. The van der Waals surface area contributed by atoms with Crippen LogP contribution in [0.5, 0.6) is 11.5 Å². The van der Waals surface area contributed by atoms with Crippen LogP contribution >= 0.6 is 23.2 Å². The van der Waals surface area contributed by atoms with E-state index in [0.717, 1.165) is 0 Å². The van der Waals surface area contributed by atoms with Crippen molar-refractivity contribution in [3.63, 3.8) is 0 Å². The van der Waals surface area contributed by atoms with Crippen LogP contribution in [0, 0.1) is 0 Å². The summed E-state index contributed by atoms with van der Waals surface area (Å²) in [5, 5.41) is 0.703. The van der Waals surface area contributed by atoms with Gasteiger partial charge in [0.15, 0.2) is 0 Å². The van der Waals surface area contributed by atoms with Crippen LogP contribution in [0.3, 0.4) is 0 Å². The Bertz CT molecular complexity index is 611. The summed E-state index contributed by atoms with van der Waals surface area (Å²) in [5.74, 6) is 0.177. The predicted molar refractivity (Wildman–Crippen MR) is 74.3 cm³/mol.